The van der Waals surface area contributed by atoms with E-state index in [-0.39, 0.29) is 12.5 Å². The molecule has 8 nitrogen and oxygen atoms in total. The number of rotatable bonds is 7. The van der Waals surface area contributed by atoms with E-state index in [1.165, 1.54) is 12.8 Å². The maximum absolute atomic E-state index is 12.6. The molecule has 33 heavy (non-hydrogen) atoms. The summed E-state index contributed by atoms with van der Waals surface area (Å²) in [6.07, 6.45) is 4.33. The number of amides is 1. The summed E-state index contributed by atoms with van der Waals surface area (Å²) < 4.78 is 13.5. The molecule has 1 amide bonds. The van der Waals surface area contributed by atoms with Crippen LogP contribution in [0.5, 0.6) is 0 Å². The van der Waals surface area contributed by atoms with Crippen LogP contribution in [-0.4, -0.2) is 38.7 Å². The summed E-state index contributed by atoms with van der Waals surface area (Å²) in [5.41, 5.74) is 1.78. The Morgan fingerprint density at radius 3 is 2.73 bits per heavy atom. The lowest BCUT2D eigenvalue weighted by Gasteiger charge is -2.28. The van der Waals surface area contributed by atoms with Crippen molar-refractivity contribution in [2.45, 2.75) is 46.3 Å². The molecule has 1 aliphatic heterocycles. The Morgan fingerprint density at radius 1 is 1.12 bits per heavy atom. The van der Waals surface area contributed by atoms with Gasteiger partial charge >= 0.3 is 0 Å². The molecule has 1 aliphatic rings. The van der Waals surface area contributed by atoms with Crippen LogP contribution in [-0.2, 0) is 24.4 Å². The number of aryl methyl sites for hydroxylation is 1. The molecule has 0 spiro atoms. The second-order valence-corrected chi connectivity index (χ2v) is 8.94. The van der Waals surface area contributed by atoms with Crippen LogP contribution in [0.3, 0.4) is 0 Å². The van der Waals surface area contributed by atoms with Crippen molar-refractivity contribution in [1.29, 1.82) is 0 Å². The number of hydrogen-bond acceptors (Lipinski definition) is 6. The zero-order valence-corrected chi connectivity index (χ0v) is 19.1. The van der Waals surface area contributed by atoms with Crippen molar-refractivity contribution in [2.75, 3.05) is 13.1 Å². The van der Waals surface area contributed by atoms with E-state index in [1.54, 1.807) is 0 Å². The molecule has 1 N–H and O–H groups in total. The third kappa shape index (κ3) is 4.85. The molecule has 0 aliphatic carbocycles. The number of benzene rings is 1. The zero-order chi connectivity index (χ0) is 22.8. The van der Waals surface area contributed by atoms with Gasteiger partial charge in [-0.15, -0.1) is 10.2 Å². The van der Waals surface area contributed by atoms with Gasteiger partial charge in [-0.25, -0.2) is 0 Å². The molecule has 8 heteroatoms. The standard InChI is InChI=1S/C25H29N5O3/c1-17-9-11-29(12-10-17)16-24-27-28-25(33-24)21-14-30(22-6-4-3-5-20(21)22)15-23(31)26-13-19-8-7-18(2)32-19/h3-8,14,17H,9-13,15-16H2,1-2H3,(H,26,31). The Labute approximate surface area is 192 Å². The highest BCUT2D eigenvalue weighted by Crippen LogP contribution is 2.30. The molecule has 5 rings (SSSR count). The molecule has 0 unspecified atom stereocenters. The summed E-state index contributed by atoms with van der Waals surface area (Å²) in [6, 6.07) is 11.7. The van der Waals surface area contributed by atoms with Gasteiger partial charge in [0.25, 0.3) is 0 Å². The van der Waals surface area contributed by atoms with Gasteiger partial charge in [-0.3, -0.25) is 9.69 Å². The Balaban J connectivity index is 1.31. The fraction of sp³-hybridized carbons (Fsp3) is 0.400. The van der Waals surface area contributed by atoms with Gasteiger partial charge < -0.3 is 18.7 Å². The first-order chi connectivity index (χ1) is 16.0. The molecular formula is C25H29N5O3. The Kier molecular flexibility index (Phi) is 6.00. The summed E-state index contributed by atoms with van der Waals surface area (Å²) in [6.45, 7) is 7.53. The van der Waals surface area contributed by atoms with Gasteiger partial charge in [-0.1, -0.05) is 25.1 Å². The van der Waals surface area contributed by atoms with Gasteiger partial charge in [0.15, 0.2) is 0 Å². The third-order valence-electron chi connectivity index (χ3n) is 6.29. The quantitative estimate of drug-likeness (QED) is 0.458. The van der Waals surface area contributed by atoms with Crippen LogP contribution < -0.4 is 5.32 Å². The average molecular weight is 448 g/mol. The van der Waals surface area contributed by atoms with Crippen LogP contribution in [0.4, 0.5) is 0 Å². The summed E-state index contributed by atoms with van der Waals surface area (Å²) in [5, 5.41) is 12.5. The van der Waals surface area contributed by atoms with Crippen molar-refractivity contribution in [2.24, 2.45) is 5.92 Å². The Morgan fingerprint density at radius 2 is 1.94 bits per heavy atom. The first-order valence-corrected chi connectivity index (χ1v) is 11.5. The van der Waals surface area contributed by atoms with Crippen LogP contribution in [0.25, 0.3) is 22.4 Å². The molecule has 0 saturated carbocycles. The molecule has 0 radical (unpaired) electrons. The lowest BCUT2D eigenvalue weighted by Crippen LogP contribution is -2.32. The number of nitrogens with one attached hydrogen (secondary N) is 1. The van der Waals surface area contributed by atoms with Gasteiger partial charge in [0, 0.05) is 17.1 Å². The smallest absolute Gasteiger partial charge is 0.249 e. The summed E-state index contributed by atoms with van der Waals surface area (Å²) >= 11 is 0. The lowest BCUT2D eigenvalue weighted by atomic mass is 9.99. The first-order valence-electron chi connectivity index (χ1n) is 11.5. The number of fused-ring (bicyclic) bond motifs is 1. The number of piperidine rings is 1. The molecular weight excluding hydrogens is 418 g/mol. The molecule has 4 heterocycles. The largest absolute Gasteiger partial charge is 0.465 e. The van der Waals surface area contributed by atoms with E-state index in [4.69, 9.17) is 8.83 Å². The molecule has 1 aromatic carbocycles. The normalized spacial score (nSPS) is 15.3. The molecule has 3 aromatic heterocycles. The first kappa shape index (κ1) is 21.5. The second-order valence-electron chi connectivity index (χ2n) is 8.94. The SMILES string of the molecule is Cc1ccc(CNC(=O)Cn2cc(-c3nnc(CN4CCC(C)CC4)o3)c3ccccc32)o1. The average Bonchev–Trinajstić information content (AvgIpc) is 3.53. The number of carbonyl (C=O) groups is 1. The van der Waals surface area contributed by atoms with Crippen LogP contribution in [0, 0.1) is 12.8 Å². The van der Waals surface area contributed by atoms with Crippen molar-refractivity contribution in [1.82, 2.24) is 25.0 Å². The van der Waals surface area contributed by atoms with Gasteiger partial charge in [0.05, 0.1) is 18.7 Å². The third-order valence-corrected chi connectivity index (χ3v) is 6.29. The van der Waals surface area contributed by atoms with E-state index in [2.05, 4.69) is 27.3 Å². The summed E-state index contributed by atoms with van der Waals surface area (Å²) in [4.78, 5) is 15.0. The number of likely N-dealkylation sites (tertiary alicyclic amines) is 1. The van der Waals surface area contributed by atoms with Gasteiger partial charge in [0.2, 0.25) is 17.7 Å². The van der Waals surface area contributed by atoms with E-state index >= 15 is 0 Å². The topological polar surface area (TPSA) is 89.3 Å². The van der Waals surface area contributed by atoms with Gasteiger partial charge in [-0.2, -0.15) is 0 Å². The van der Waals surface area contributed by atoms with Crippen molar-refractivity contribution >= 4 is 16.8 Å². The number of aromatic nitrogens is 3. The maximum Gasteiger partial charge on any atom is 0.249 e. The van der Waals surface area contributed by atoms with Gasteiger partial charge in [0.1, 0.15) is 18.1 Å². The van der Waals surface area contributed by atoms with Crippen molar-refractivity contribution in [3.8, 4) is 11.5 Å². The lowest BCUT2D eigenvalue weighted by molar-refractivity contribution is -0.121. The second kappa shape index (κ2) is 9.23. The minimum absolute atomic E-state index is 0.0955. The number of carbonyl (C=O) groups excluding carboxylic acids is 1. The van der Waals surface area contributed by atoms with Crippen molar-refractivity contribution in [3.63, 3.8) is 0 Å². The number of para-hydroxylation sites is 1. The number of furan rings is 1. The molecule has 0 bridgehead atoms. The van der Waals surface area contributed by atoms with Crippen LogP contribution in [0.2, 0.25) is 0 Å². The highest BCUT2D eigenvalue weighted by atomic mass is 16.4. The monoisotopic (exact) mass is 447 g/mol. The predicted octanol–water partition coefficient (Wildman–Crippen LogP) is 4.14. The molecule has 1 saturated heterocycles. The van der Waals surface area contributed by atoms with Crippen LogP contribution in [0.1, 0.15) is 37.2 Å². The van der Waals surface area contributed by atoms with Crippen LogP contribution >= 0.6 is 0 Å². The van der Waals surface area contributed by atoms with Crippen LogP contribution in [0.15, 0.2) is 51.4 Å². The van der Waals surface area contributed by atoms with Gasteiger partial charge in [-0.05, 0) is 57.0 Å². The van der Waals surface area contributed by atoms with E-state index in [0.29, 0.717) is 24.9 Å². The predicted molar refractivity (Wildman–Crippen MR) is 124 cm³/mol. The number of nitrogens with zero attached hydrogens (tertiary/aromatic N) is 4. The highest BCUT2D eigenvalue weighted by molar-refractivity contribution is 5.94. The molecule has 0 atom stereocenters. The number of hydrogen-bond donors (Lipinski definition) is 1. The summed E-state index contributed by atoms with van der Waals surface area (Å²) in [7, 11) is 0. The van der Waals surface area contributed by atoms with E-state index in [0.717, 1.165) is 47.0 Å². The van der Waals surface area contributed by atoms with Crippen molar-refractivity contribution < 1.29 is 13.6 Å². The Hall–Kier alpha value is -3.39. The fourth-order valence-electron chi connectivity index (χ4n) is 4.36. The van der Waals surface area contributed by atoms with E-state index in [9.17, 15) is 4.79 Å². The van der Waals surface area contributed by atoms with Crippen molar-refractivity contribution in [3.05, 3.63) is 60.0 Å². The fourth-order valence-corrected chi connectivity index (χ4v) is 4.36. The molecule has 1 fully saturated rings. The highest BCUT2D eigenvalue weighted by Gasteiger charge is 2.20. The minimum atomic E-state index is -0.0955. The molecule has 172 valence electrons. The van der Waals surface area contributed by atoms with E-state index < -0.39 is 0 Å². The Bertz CT molecular complexity index is 1250. The summed E-state index contributed by atoms with van der Waals surface area (Å²) in [5.74, 6) is 3.36. The maximum atomic E-state index is 12.6. The minimum Gasteiger partial charge on any atom is -0.465 e. The molecule has 4 aromatic rings. The van der Waals surface area contributed by atoms with E-state index in [1.807, 2.05) is 54.1 Å². The zero-order valence-electron chi connectivity index (χ0n) is 19.1.